The highest BCUT2D eigenvalue weighted by Gasteiger charge is 2.48. The van der Waals surface area contributed by atoms with E-state index in [4.69, 9.17) is 27.8 Å². The Morgan fingerprint density at radius 2 is 1.60 bits per heavy atom. The molecule has 0 aliphatic rings. The van der Waals surface area contributed by atoms with E-state index in [0.29, 0.717) is 37.5 Å². The van der Waals surface area contributed by atoms with Crippen molar-refractivity contribution < 1.29 is 45.1 Å². The van der Waals surface area contributed by atoms with Gasteiger partial charge < -0.3 is 21.5 Å². The molecule has 292 valence electrons. The second-order valence-corrected chi connectivity index (χ2v) is 12.2. The summed E-state index contributed by atoms with van der Waals surface area (Å²) in [6.45, 7) is 2.03. The van der Waals surface area contributed by atoms with Crippen LogP contribution >= 0.6 is 11.6 Å². The number of aliphatic imine (C=N–C) groups is 3. The van der Waals surface area contributed by atoms with E-state index in [-0.39, 0.29) is 18.9 Å². The van der Waals surface area contributed by atoms with E-state index in [1.165, 1.54) is 40.4 Å². The second-order valence-electron chi connectivity index (χ2n) is 11.8. The maximum Gasteiger partial charge on any atom is 0.406 e. The number of hydrogen-bond donors (Lipinski definition) is 4. The lowest BCUT2D eigenvalue weighted by atomic mass is 9.98. The van der Waals surface area contributed by atoms with Crippen LogP contribution in [0.3, 0.4) is 0 Å². The highest BCUT2D eigenvalue weighted by molar-refractivity contribution is 6.34. The molecule has 0 saturated heterocycles. The predicted molar refractivity (Wildman–Crippen MR) is 190 cm³/mol. The molecule has 3 aromatic rings. The van der Waals surface area contributed by atoms with Gasteiger partial charge in [0.1, 0.15) is 5.54 Å². The summed E-state index contributed by atoms with van der Waals surface area (Å²) < 4.78 is 93.6. The number of halogens is 8. The average Bonchev–Trinajstić information content (AvgIpc) is 3.59. The molecule has 3 rings (SSSR count). The van der Waals surface area contributed by atoms with Crippen molar-refractivity contribution in [3.63, 3.8) is 0 Å². The van der Waals surface area contributed by atoms with Gasteiger partial charge in [-0.2, -0.15) is 32.0 Å². The molecule has 20 heteroatoms. The van der Waals surface area contributed by atoms with Gasteiger partial charge >= 0.3 is 12.7 Å². The number of amides is 2. The van der Waals surface area contributed by atoms with E-state index in [0.717, 1.165) is 26.5 Å². The summed E-state index contributed by atoms with van der Waals surface area (Å²) in [5.41, 5.74) is 9.44. The number of ether oxygens (including phenoxy) is 1. The highest BCUT2D eigenvalue weighted by Crippen LogP contribution is 2.33. The maximum absolute atomic E-state index is 13.2. The number of methoxy groups -OCH3 is 1. The summed E-state index contributed by atoms with van der Waals surface area (Å²) in [5.74, 6) is -0.182. The highest BCUT2D eigenvalue weighted by atomic mass is 35.5. The fourth-order valence-electron chi connectivity index (χ4n) is 3.91. The third kappa shape index (κ3) is 14.2. The number of nitrogens with zero attached hydrogens (tertiary/aromatic N) is 5. The zero-order valence-corrected chi connectivity index (χ0v) is 30.3. The molecule has 0 saturated carbocycles. The fourth-order valence-corrected chi connectivity index (χ4v) is 4.11. The number of carbonyl (C=O) groups excluding carboxylic acids is 2. The quantitative estimate of drug-likeness (QED) is 0.0736. The minimum atomic E-state index is -4.42. The smallest absolute Gasteiger partial charge is 0.390 e. The van der Waals surface area contributed by atoms with Crippen LogP contribution in [0.25, 0.3) is 11.1 Å². The second kappa shape index (κ2) is 21.0. The Labute approximate surface area is 306 Å². The van der Waals surface area contributed by atoms with Crippen molar-refractivity contribution in [1.29, 1.82) is 0 Å². The van der Waals surface area contributed by atoms with Crippen molar-refractivity contribution >= 4 is 42.4 Å². The number of aromatic nitrogens is 2. The molecule has 1 aromatic heterocycles. The Bertz CT molecular complexity index is 1700. The van der Waals surface area contributed by atoms with Crippen LogP contribution in [0.1, 0.15) is 61.8 Å². The summed E-state index contributed by atoms with van der Waals surface area (Å²) >= 11 is 6.17. The van der Waals surface area contributed by atoms with Gasteiger partial charge in [0.15, 0.2) is 5.84 Å². The lowest BCUT2D eigenvalue weighted by Gasteiger charge is -2.33. The van der Waals surface area contributed by atoms with E-state index in [9.17, 15) is 40.3 Å². The zero-order valence-electron chi connectivity index (χ0n) is 29.5. The standard InChI is InChI=1S/C16H22ClF3N4O.C12H10F2N4O.C5H9F2NO/c1-15(2,16(18,19)20)24-13(8-25-4)10-5-6-12(17)11(7-10)14(22-3)23-9-21;13-12(14)18-6-10(5-17-18)8-1-3-9(4-2-8)11(19)16-7-15;1-5(2,4(6)7)8-3-9/h5-7,9,13,24H,8H2,1-4H3,(H2,21,22,23);1-7,12H,(H2,15,16,19);3-4H,1-2H3,(H,8,9). The Hall–Kier alpha value is -4.88. The maximum atomic E-state index is 13.2. The Morgan fingerprint density at radius 1 is 1.00 bits per heavy atom. The molecule has 1 heterocycles. The number of amidine groups is 1. The van der Waals surface area contributed by atoms with Gasteiger partial charge in [-0.3, -0.25) is 19.9 Å². The van der Waals surface area contributed by atoms with Gasteiger partial charge in [-0.15, -0.1) is 0 Å². The summed E-state index contributed by atoms with van der Waals surface area (Å²) in [4.78, 5) is 32.4. The van der Waals surface area contributed by atoms with Gasteiger partial charge in [-0.25, -0.2) is 18.5 Å². The van der Waals surface area contributed by atoms with Gasteiger partial charge in [-0.05, 0) is 63.1 Å². The van der Waals surface area contributed by atoms with Crippen LogP contribution in [0.4, 0.5) is 30.7 Å². The van der Waals surface area contributed by atoms with Crippen LogP contribution in [0.2, 0.25) is 5.02 Å². The first-order valence-electron chi connectivity index (χ1n) is 15.2. The summed E-state index contributed by atoms with van der Waals surface area (Å²) in [7, 11) is 2.94. The molecular weight excluding hydrogens is 739 g/mol. The molecule has 12 nitrogen and oxygen atoms in total. The molecule has 0 radical (unpaired) electrons. The van der Waals surface area contributed by atoms with E-state index >= 15 is 0 Å². The van der Waals surface area contributed by atoms with Crippen LogP contribution in [0, 0.1) is 0 Å². The number of nitrogens with one attached hydrogen (secondary N) is 2. The van der Waals surface area contributed by atoms with E-state index in [2.05, 4.69) is 25.4 Å². The van der Waals surface area contributed by atoms with Gasteiger partial charge in [0.05, 0.1) is 42.1 Å². The number of carbonyl (C=O) groups is 2. The zero-order chi connectivity index (χ0) is 40.6. The van der Waals surface area contributed by atoms with Crippen LogP contribution in [-0.2, 0) is 9.53 Å². The lowest BCUT2D eigenvalue weighted by Crippen LogP contribution is -2.53. The van der Waals surface area contributed by atoms with Gasteiger partial charge in [0.25, 0.3) is 12.3 Å². The van der Waals surface area contributed by atoms with Crippen LogP contribution in [0.15, 0.2) is 69.8 Å². The first-order valence-corrected chi connectivity index (χ1v) is 15.6. The first kappa shape index (κ1) is 46.1. The topological polar surface area (TPSA) is 174 Å². The molecule has 0 aliphatic carbocycles. The van der Waals surface area contributed by atoms with Crippen LogP contribution < -0.4 is 22.1 Å². The van der Waals surface area contributed by atoms with Crippen molar-refractivity contribution in [2.75, 3.05) is 20.8 Å². The number of hydrogen-bond acceptors (Lipinski definition) is 6. The Morgan fingerprint density at radius 3 is 2.04 bits per heavy atom. The molecule has 0 bridgehead atoms. The number of benzene rings is 2. The normalized spacial score (nSPS) is 13.1. The Balaban J connectivity index is 0.000000441. The number of alkyl halides is 7. The minimum absolute atomic E-state index is 0.0410. The SMILES string of the molecule is CC(C)(NC=O)C(F)F.CN=C(N=CN)c1cc(C(COC)NC(C)(C)C(F)(F)F)ccc1Cl.NC=NC(=O)c1ccc(-c2cnn(C(F)F)c2)cc1. The van der Waals surface area contributed by atoms with E-state index in [1.54, 1.807) is 42.5 Å². The number of nitrogens with two attached hydrogens (primary N) is 2. The molecule has 0 aliphatic heterocycles. The summed E-state index contributed by atoms with van der Waals surface area (Å²) in [5, 5.41) is 8.48. The molecule has 2 amide bonds. The fraction of sp³-hybridized carbons (Fsp3) is 0.394. The molecule has 1 atom stereocenters. The van der Waals surface area contributed by atoms with Crippen molar-refractivity contribution in [1.82, 2.24) is 20.4 Å². The van der Waals surface area contributed by atoms with E-state index in [1.807, 2.05) is 5.32 Å². The minimum Gasteiger partial charge on any atom is -0.390 e. The summed E-state index contributed by atoms with van der Waals surface area (Å²) in [6, 6.07) is 10.5. The Kier molecular flexibility index (Phi) is 18.3. The van der Waals surface area contributed by atoms with Gasteiger partial charge in [-0.1, -0.05) is 29.8 Å². The molecule has 0 fully saturated rings. The number of rotatable bonds is 12. The third-order valence-corrected chi connectivity index (χ3v) is 7.38. The van der Waals surface area contributed by atoms with Gasteiger partial charge in [0, 0.05) is 37.0 Å². The van der Waals surface area contributed by atoms with Crippen molar-refractivity contribution in [2.45, 2.75) is 64.0 Å². The van der Waals surface area contributed by atoms with E-state index < -0.39 is 42.2 Å². The molecule has 0 spiro atoms. The van der Waals surface area contributed by atoms with Crippen molar-refractivity contribution in [3.8, 4) is 11.1 Å². The predicted octanol–water partition coefficient (Wildman–Crippen LogP) is 6.17. The molecule has 53 heavy (non-hydrogen) atoms. The molecule has 1 unspecified atom stereocenters. The first-order chi connectivity index (χ1) is 24.7. The van der Waals surface area contributed by atoms with Crippen LogP contribution in [-0.4, -0.2) is 85.1 Å². The molecule has 2 aromatic carbocycles. The summed E-state index contributed by atoms with van der Waals surface area (Å²) in [6.07, 6.45) is -2.12. The third-order valence-electron chi connectivity index (χ3n) is 7.05. The molecule has 6 N–H and O–H groups in total. The van der Waals surface area contributed by atoms with Crippen molar-refractivity contribution in [2.24, 2.45) is 26.4 Å². The molecular formula is C33H41ClF7N9O3. The largest absolute Gasteiger partial charge is 0.406 e. The van der Waals surface area contributed by atoms with Crippen LogP contribution in [0.5, 0.6) is 0 Å². The average molecular weight is 780 g/mol. The van der Waals surface area contributed by atoms with Gasteiger partial charge in [0.2, 0.25) is 6.41 Å². The lowest BCUT2D eigenvalue weighted by molar-refractivity contribution is -0.189. The van der Waals surface area contributed by atoms with Crippen molar-refractivity contribution in [3.05, 3.63) is 76.6 Å². The monoisotopic (exact) mass is 779 g/mol.